The second-order valence-electron chi connectivity index (χ2n) is 16.1. The minimum absolute atomic E-state index is 0.577. The number of rotatable bonds is 5. The SMILES string of the molecule is c1ccc2cc(-c3nc(-c4ccc5ccccc5c4)nc(-n4c5ccccc5c5cc(-c6ccc7c(c6)c6ccccc6n7-c6ccc7ccccc7c6)ccc54)n3)ccc2c1. The highest BCUT2D eigenvalue weighted by Gasteiger charge is 2.20. The zero-order chi connectivity index (χ0) is 40.7. The molecule has 0 aliphatic carbocycles. The molecular weight excluding hydrogens is 755 g/mol. The average Bonchev–Trinajstić information content (AvgIpc) is 3.85. The smallest absolute Gasteiger partial charge is 0.238 e. The third-order valence-corrected chi connectivity index (χ3v) is 12.5. The van der Waals surface area contributed by atoms with Gasteiger partial charge in [-0.25, -0.2) is 4.98 Å². The molecule has 5 nitrogen and oxygen atoms in total. The first-order valence-electron chi connectivity index (χ1n) is 21.0. The Balaban J connectivity index is 0.988. The molecule has 0 N–H and O–H groups in total. The average molecular weight is 790 g/mol. The van der Waals surface area contributed by atoms with Crippen molar-refractivity contribution in [3.63, 3.8) is 0 Å². The van der Waals surface area contributed by atoms with Crippen LogP contribution in [0.15, 0.2) is 212 Å². The van der Waals surface area contributed by atoms with E-state index in [1.165, 1.54) is 43.4 Å². The summed E-state index contributed by atoms with van der Waals surface area (Å²) in [5, 5.41) is 11.8. The lowest BCUT2D eigenvalue weighted by Gasteiger charge is -2.12. The maximum atomic E-state index is 5.27. The van der Waals surface area contributed by atoms with Crippen LogP contribution in [0.2, 0.25) is 0 Å². The number of fused-ring (bicyclic) bond motifs is 9. The Bertz CT molecular complexity index is 3850. The summed E-state index contributed by atoms with van der Waals surface area (Å²) in [6.45, 7) is 0. The van der Waals surface area contributed by atoms with Gasteiger partial charge in [0, 0.05) is 38.4 Å². The predicted molar refractivity (Wildman–Crippen MR) is 257 cm³/mol. The van der Waals surface area contributed by atoms with Crippen LogP contribution >= 0.6 is 0 Å². The second-order valence-corrected chi connectivity index (χ2v) is 16.1. The van der Waals surface area contributed by atoms with Crippen LogP contribution in [0.3, 0.4) is 0 Å². The first-order valence-corrected chi connectivity index (χ1v) is 21.0. The minimum Gasteiger partial charge on any atom is -0.309 e. The van der Waals surface area contributed by atoms with E-state index in [1.807, 2.05) is 0 Å². The first-order chi connectivity index (χ1) is 30.7. The van der Waals surface area contributed by atoms with Gasteiger partial charge in [0.1, 0.15) is 0 Å². The molecule has 0 atom stereocenters. The van der Waals surface area contributed by atoms with E-state index in [9.17, 15) is 0 Å². The summed E-state index contributed by atoms with van der Waals surface area (Å²) >= 11 is 0. The summed E-state index contributed by atoms with van der Waals surface area (Å²) in [6.07, 6.45) is 0. The van der Waals surface area contributed by atoms with Gasteiger partial charge < -0.3 is 4.57 Å². The molecule has 288 valence electrons. The standard InChI is InChI=1S/C57H35N5/c1-4-14-39-31-44(23-21-36(39)11-1)55-58-56(45-24-22-37-12-2-5-15-40(37)32-45)60-57(59-55)62-52-20-10-8-18-48(52)50-35-43(27-30-54(50)62)42-26-29-53-49(34-42)47-17-7-9-19-51(47)61(53)46-28-25-38-13-3-6-16-41(38)33-46/h1-35H. The molecule has 5 heteroatoms. The van der Waals surface area contributed by atoms with Crippen LogP contribution in [-0.2, 0) is 0 Å². The molecule has 0 unspecified atom stereocenters. The summed E-state index contributed by atoms with van der Waals surface area (Å²) in [6, 6.07) is 75.9. The Kier molecular flexibility index (Phi) is 7.54. The van der Waals surface area contributed by atoms with Crippen LogP contribution in [0.1, 0.15) is 0 Å². The van der Waals surface area contributed by atoms with Crippen molar-refractivity contribution in [1.82, 2.24) is 24.1 Å². The van der Waals surface area contributed by atoms with Gasteiger partial charge in [-0.2, -0.15) is 9.97 Å². The number of aromatic nitrogens is 5. The number of hydrogen-bond acceptors (Lipinski definition) is 3. The van der Waals surface area contributed by atoms with Gasteiger partial charge in [-0.1, -0.05) is 152 Å². The van der Waals surface area contributed by atoms with Gasteiger partial charge in [-0.15, -0.1) is 0 Å². The molecule has 3 heterocycles. The molecule has 0 saturated carbocycles. The van der Waals surface area contributed by atoms with Crippen molar-refractivity contribution in [2.24, 2.45) is 0 Å². The highest BCUT2D eigenvalue weighted by molar-refractivity contribution is 6.13. The molecule has 13 aromatic rings. The quantitative estimate of drug-likeness (QED) is 0.174. The summed E-state index contributed by atoms with van der Waals surface area (Å²) in [7, 11) is 0. The fraction of sp³-hybridized carbons (Fsp3) is 0. The van der Waals surface area contributed by atoms with E-state index in [-0.39, 0.29) is 0 Å². The highest BCUT2D eigenvalue weighted by Crippen LogP contribution is 2.39. The predicted octanol–water partition coefficient (Wildman–Crippen LogP) is 14.5. The maximum Gasteiger partial charge on any atom is 0.238 e. The van der Waals surface area contributed by atoms with Crippen LogP contribution in [-0.4, -0.2) is 24.1 Å². The van der Waals surface area contributed by atoms with Crippen molar-refractivity contribution in [2.75, 3.05) is 0 Å². The van der Waals surface area contributed by atoms with Gasteiger partial charge in [-0.3, -0.25) is 4.57 Å². The van der Waals surface area contributed by atoms with Crippen molar-refractivity contribution in [2.45, 2.75) is 0 Å². The largest absolute Gasteiger partial charge is 0.309 e. The van der Waals surface area contributed by atoms with Gasteiger partial charge in [0.05, 0.1) is 22.1 Å². The van der Waals surface area contributed by atoms with E-state index in [0.29, 0.717) is 17.6 Å². The van der Waals surface area contributed by atoms with Gasteiger partial charge in [0.25, 0.3) is 0 Å². The van der Waals surface area contributed by atoms with Crippen molar-refractivity contribution in [3.05, 3.63) is 212 Å². The number of para-hydroxylation sites is 2. The lowest BCUT2D eigenvalue weighted by molar-refractivity contribution is 0.954. The Morgan fingerprint density at radius 1 is 0.258 bits per heavy atom. The lowest BCUT2D eigenvalue weighted by Crippen LogP contribution is -2.06. The Hall–Kier alpha value is -8.41. The molecule has 0 amide bonds. The van der Waals surface area contributed by atoms with Crippen LogP contribution in [0, 0.1) is 0 Å². The topological polar surface area (TPSA) is 48.5 Å². The Morgan fingerprint density at radius 3 is 1.21 bits per heavy atom. The number of hydrogen-bond donors (Lipinski definition) is 0. The van der Waals surface area contributed by atoms with Crippen LogP contribution in [0.4, 0.5) is 0 Å². The first kappa shape index (κ1) is 34.5. The normalized spacial score (nSPS) is 11.9. The van der Waals surface area contributed by atoms with E-state index >= 15 is 0 Å². The molecule has 0 spiro atoms. The molecule has 0 bridgehead atoms. The third kappa shape index (κ3) is 5.45. The van der Waals surface area contributed by atoms with Gasteiger partial charge in [0.2, 0.25) is 5.95 Å². The van der Waals surface area contributed by atoms with Crippen LogP contribution < -0.4 is 0 Å². The molecule has 0 radical (unpaired) electrons. The highest BCUT2D eigenvalue weighted by atomic mass is 15.2. The molecule has 62 heavy (non-hydrogen) atoms. The Morgan fingerprint density at radius 2 is 0.661 bits per heavy atom. The van der Waals surface area contributed by atoms with E-state index in [2.05, 4.69) is 221 Å². The van der Waals surface area contributed by atoms with Gasteiger partial charge in [0.15, 0.2) is 11.6 Å². The van der Waals surface area contributed by atoms with E-state index in [0.717, 1.165) is 60.5 Å². The van der Waals surface area contributed by atoms with Crippen LogP contribution in [0.25, 0.3) is 121 Å². The zero-order valence-electron chi connectivity index (χ0n) is 33.4. The fourth-order valence-corrected chi connectivity index (χ4v) is 9.49. The monoisotopic (exact) mass is 789 g/mol. The van der Waals surface area contributed by atoms with Crippen molar-refractivity contribution in [3.8, 4) is 45.5 Å². The van der Waals surface area contributed by atoms with Crippen LogP contribution in [0.5, 0.6) is 0 Å². The third-order valence-electron chi connectivity index (χ3n) is 12.5. The molecular formula is C57H35N5. The Labute approximate surface area is 356 Å². The van der Waals surface area contributed by atoms with Gasteiger partial charge >= 0.3 is 0 Å². The van der Waals surface area contributed by atoms with Crippen molar-refractivity contribution < 1.29 is 0 Å². The molecule has 0 fully saturated rings. The van der Waals surface area contributed by atoms with Gasteiger partial charge in [-0.05, 0) is 104 Å². The number of nitrogens with zero attached hydrogens (tertiary/aromatic N) is 5. The fourth-order valence-electron chi connectivity index (χ4n) is 9.49. The number of benzene rings is 10. The van der Waals surface area contributed by atoms with E-state index in [4.69, 9.17) is 15.0 Å². The van der Waals surface area contributed by atoms with E-state index in [1.54, 1.807) is 0 Å². The minimum atomic E-state index is 0.577. The molecule has 13 rings (SSSR count). The lowest BCUT2D eigenvalue weighted by atomic mass is 10.0. The summed E-state index contributed by atoms with van der Waals surface area (Å²) in [4.78, 5) is 15.7. The zero-order valence-corrected chi connectivity index (χ0v) is 33.4. The van der Waals surface area contributed by atoms with Crippen molar-refractivity contribution in [1.29, 1.82) is 0 Å². The van der Waals surface area contributed by atoms with E-state index < -0.39 is 0 Å². The molecule has 0 aliphatic rings. The summed E-state index contributed by atoms with van der Waals surface area (Å²) < 4.78 is 4.59. The maximum absolute atomic E-state index is 5.27. The summed E-state index contributed by atoms with van der Waals surface area (Å²) in [5.41, 5.74) is 9.79. The molecule has 10 aromatic carbocycles. The summed E-state index contributed by atoms with van der Waals surface area (Å²) in [5.74, 6) is 1.83. The molecule has 3 aromatic heterocycles. The second kappa shape index (κ2) is 13.6. The molecule has 0 saturated heterocycles. The van der Waals surface area contributed by atoms with Crippen molar-refractivity contribution >= 4 is 75.9 Å². The molecule has 0 aliphatic heterocycles.